The number of nitrogens with one attached hydrogen (secondary N) is 1. The standard InChI is InChI=1S/C20H25N4O5P/c1-2-23-19(25)16-18(24(20(23)26)10-6-7-11-30(27,28)29)22-17(21-16)15-12-14(15)13-8-4-3-5-9-13/h3-5,8-9,14-15H,2,6-7,10-12H2,1H3,(H,21,22)(H2,27,28,29). The average molecular weight is 432 g/mol. The third-order valence-electron chi connectivity index (χ3n) is 5.65. The molecule has 9 nitrogen and oxygen atoms in total. The summed E-state index contributed by atoms with van der Waals surface area (Å²) in [6.07, 6.45) is 1.38. The predicted molar refractivity (Wildman–Crippen MR) is 113 cm³/mol. The van der Waals surface area contributed by atoms with Gasteiger partial charge in [0.1, 0.15) is 11.3 Å². The van der Waals surface area contributed by atoms with E-state index < -0.39 is 13.3 Å². The SMILES string of the molecule is CCn1c(=O)c2[nH]c(C3CC3c3ccccc3)nc2n(CCCCP(=O)(O)O)c1=O. The predicted octanol–water partition coefficient (Wildman–Crippen LogP) is 2.14. The van der Waals surface area contributed by atoms with Crippen LogP contribution in [0.3, 0.4) is 0 Å². The minimum atomic E-state index is -4.07. The summed E-state index contributed by atoms with van der Waals surface area (Å²) in [5, 5.41) is 0. The fraction of sp³-hybridized carbons (Fsp3) is 0.450. The maximum atomic E-state index is 12.8. The molecule has 0 bridgehead atoms. The summed E-state index contributed by atoms with van der Waals surface area (Å²) in [4.78, 5) is 51.4. The van der Waals surface area contributed by atoms with E-state index in [0.717, 1.165) is 11.0 Å². The molecule has 3 aromatic rings. The topological polar surface area (TPSA) is 130 Å². The van der Waals surface area contributed by atoms with Crippen LogP contribution < -0.4 is 11.2 Å². The van der Waals surface area contributed by atoms with Crippen LogP contribution in [0.2, 0.25) is 0 Å². The molecular weight excluding hydrogens is 407 g/mol. The quantitative estimate of drug-likeness (QED) is 0.369. The Morgan fingerprint density at radius 3 is 2.53 bits per heavy atom. The summed E-state index contributed by atoms with van der Waals surface area (Å²) >= 11 is 0. The zero-order valence-corrected chi connectivity index (χ0v) is 17.6. The molecule has 0 amide bonds. The number of imidazole rings is 1. The molecule has 160 valence electrons. The van der Waals surface area contributed by atoms with Gasteiger partial charge >= 0.3 is 13.3 Å². The van der Waals surface area contributed by atoms with E-state index in [4.69, 9.17) is 9.79 Å². The van der Waals surface area contributed by atoms with Crippen molar-refractivity contribution in [3.05, 3.63) is 62.6 Å². The first kappa shape index (κ1) is 20.8. The third kappa shape index (κ3) is 4.05. The van der Waals surface area contributed by atoms with E-state index in [-0.39, 0.29) is 37.1 Å². The summed E-state index contributed by atoms with van der Waals surface area (Å²) < 4.78 is 13.7. The number of fused-ring (bicyclic) bond motifs is 1. The molecular formula is C20H25N4O5P. The molecule has 4 rings (SSSR count). The molecule has 30 heavy (non-hydrogen) atoms. The first-order valence-corrected chi connectivity index (χ1v) is 11.9. The van der Waals surface area contributed by atoms with Gasteiger partial charge in [-0.25, -0.2) is 9.78 Å². The molecule has 1 saturated carbocycles. The van der Waals surface area contributed by atoms with Crippen molar-refractivity contribution in [1.82, 2.24) is 19.1 Å². The Labute approximate surface area is 172 Å². The Morgan fingerprint density at radius 1 is 1.13 bits per heavy atom. The fourth-order valence-corrected chi connectivity index (χ4v) is 4.63. The number of aromatic nitrogens is 4. The van der Waals surface area contributed by atoms with E-state index in [2.05, 4.69) is 22.1 Å². The molecule has 1 aliphatic carbocycles. The van der Waals surface area contributed by atoms with E-state index in [0.29, 0.717) is 29.3 Å². The Balaban J connectivity index is 1.66. The van der Waals surface area contributed by atoms with Gasteiger partial charge in [0.25, 0.3) is 5.56 Å². The molecule has 2 aromatic heterocycles. The lowest BCUT2D eigenvalue weighted by Crippen LogP contribution is -2.39. The molecule has 1 aromatic carbocycles. The molecule has 3 N–H and O–H groups in total. The first-order valence-electron chi connectivity index (χ1n) is 10.1. The number of aromatic amines is 1. The van der Waals surface area contributed by atoms with Crippen molar-refractivity contribution in [2.75, 3.05) is 6.16 Å². The van der Waals surface area contributed by atoms with Crippen LogP contribution in [0.15, 0.2) is 39.9 Å². The third-order valence-corrected chi connectivity index (χ3v) is 6.55. The molecule has 2 unspecified atom stereocenters. The maximum Gasteiger partial charge on any atom is 0.332 e. The molecule has 1 aliphatic rings. The monoisotopic (exact) mass is 432 g/mol. The average Bonchev–Trinajstić information content (AvgIpc) is 3.39. The van der Waals surface area contributed by atoms with Crippen molar-refractivity contribution < 1.29 is 14.4 Å². The van der Waals surface area contributed by atoms with Gasteiger partial charge in [-0.3, -0.25) is 18.5 Å². The molecule has 0 radical (unpaired) electrons. The number of benzene rings is 1. The van der Waals surface area contributed by atoms with Gasteiger partial charge in [0.2, 0.25) is 0 Å². The van der Waals surface area contributed by atoms with Crippen LogP contribution in [0.4, 0.5) is 0 Å². The second kappa shape index (κ2) is 7.98. The second-order valence-corrected chi connectivity index (χ2v) is 9.54. The highest BCUT2D eigenvalue weighted by Gasteiger charge is 2.42. The summed E-state index contributed by atoms with van der Waals surface area (Å²) in [6, 6.07) is 10.1. The molecule has 0 saturated heterocycles. The van der Waals surface area contributed by atoms with Gasteiger partial charge < -0.3 is 14.8 Å². The Kier molecular flexibility index (Phi) is 5.53. The number of H-pyrrole nitrogens is 1. The molecule has 2 atom stereocenters. The minimum absolute atomic E-state index is 0.174. The van der Waals surface area contributed by atoms with Crippen LogP contribution in [-0.4, -0.2) is 35.1 Å². The van der Waals surface area contributed by atoms with Gasteiger partial charge in [-0.05, 0) is 37.7 Å². The van der Waals surface area contributed by atoms with Crippen LogP contribution >= 0.6 is 7.60 Å². The highest BCUT2D eigenvalue weighted by molar-refractivity contribution is 7.51. The fourth-order valence-electron chi connectivity index (χ4n) is 3.99. The lowest BCUT2D eigenvalue weighted by Gasteiger charge is -2.10. The number of hydrogen-bond acceptors (Lipinski definition) is 4. The number of unbranched alkanes of at least 4 members (excludes halogenated alkanes) is 1. The highest BCUT2D eigenvalue weighted by Crippen LogP contribution is 2.53. The van der Waals surface area contributed by atoms with Crippen molar-refractivity contribution in [2.24, 2.45) is 0 Å². The molecule has 1 fully saturated rings. The van der Waals surface area contributed by atoms with E-state index in [1.165, 1.54) is 10.1 Å². The number of hydrogen-bond donors (Lipinski definition) is 3. The summed E-state index contributed by atoms with van der Waals surface area (Å²) in [7, 11) is -4.07. The number of rotatable bonds is 8. The minimum Gasteiger partial charge on any atom is -0.336 e. The van der Waals surface area contributed by atoms with Gasteiger partial charge in [-0.1, -0.05) is 30.3 Å². The number of aryl methyl sites for hydroxylation is 1. The Hall–Kier alpha value is -2.48. The molecule has 0 aliphatic heterocycles. The van der Waals surface area contributed by atoms with E-state index in [9.17, 15) is 14.2 Å². The van der Waals surface area contributed by atoms with Crippen molar-refractivity contribution in [2.45, 2.75) is 51.1 Å². The first-order chi connectivity index (χ1) is 14.3. The van der Waals surface area contributed by atoms with Crippen molar-refractivity contribution in [3.63, 3.8) is 0 Å². The van der Waals surface area contributed by atoms with Crippen LogP contribution in [0.1, 0.15) is 49.4 Å². The zero-order valence-electron chi connectivity index (χ0n) is 16.7. The summed E-state index contributed by atoms with van der Waals surface area (Å²) in [5.41, 5.74) is 1.02. The summed E-state index contributed by atoms with van der Waals surface area (Å²) in [6.45, 7) is 2.21. The van der Waals surface area contributed by atoms with E-state index in [1.807, 2.05) is 18.2 Å². The van der Waals surface area contributed by atoms with Gasteiger partial charge in [0.15, 0.2) is 5.65 Å². The van der Waals surface area contributed by atoms with Gasteiger partial charge in [0.05, 0.1) is 0 Å². The van der Waals surface area contributed by atoms with E-state index in [1.54, 1.807) is 6.92 Å². The Morgan fingerprint density at radius 2 is 1.87 bits per heavy atom. The van der Waals surface area contributed by atoms with Crippen LogP contribution in [-0.2, 0) is 17.7 Å². The second-order valence-electron chi connectivity index (χ2n) is 7.76. The van der Waals surface area contributed by atoms with Gasteiger partial charge in [0, 0.05) is 25.2 Å². The molecule has 10 heteroatoms. The lowest BCUT2D eigenvalue weighted by molar-refractivity contribution is 0.370. The normalized spacial score (nSPS) is 18.8. The highest BCUT2D eigenvalue weighted by atomic mass is 31.2. The Bertz CT molecular complexity index is 1220. The van der Waals surface area contributed by atoms with Crippen molar-refractivity contribution >= 4 is 18.8 Å². The molecule has 0 spiro atoms. The van der Waals surface area contributed by atoms with Gasteiger partial charge in [-0.2, -0.15) is 0 Å². The lowest BCUT2D eigenvalue weighted by atomic mass is 10.1. The summed E-state index contributed by atoms with van der Waals surface area (Å²) in [5.74, 6) is 1.21. The largest absolute Gasteiger partial charge is 0.336 e. The maximum absolute atomic E-state index is 12.8. The zero-order chi connectivity index (χ0) is 21.5. The van der Waals surface area contributed by atoms with Crippen LogP contribution in [0, 0.1) is 0 Å². The van der Waals surface area contributed by atoms with E-state index >= 15 is 0 Å². The van der Waals surface area contributed by atoms with Crippen molar-refractivity contribution in [1.29, 1.82) is 0 Å². The van der Waals surface area contributed by atoms with Crippen LogP contribution in [0.25, 0.3) is 11.2 Å². The number of nitrogens with zero attached hydrogens (tertiary/aromatic N) is 3. The molecule has 2 heterocycles. The van der Waals surface area contributed by atoms with Gasteiger partial charge in [-0.15, -0.1) is 0 Å². The van der Waals surface area contributed by atoms with Crippen molar-refractivity contribution in [3.8, 4) is 0 Å². The van der Waals surface area contributed by atoms with Crippen LogP contribution in [0.5, 0.6) is 0 Å². The smallest absolute Gasteiger partial charge is 0.332 e.